The number of alkyl halides is 1. The maximum atomic E-state index is 11.4. The summed E-state index contributed by atoms with van der Waals surface area (Å²) in [6.45, 7) is 1.51. The first kappa shape index (κ1) is 13.7. The highest BCUT2D eigenvalue weighted by Crippen LogP contribution is 2.19. The summed E-state index contributed by atoms with van der Waals surface area (Å²) < 4.78 is 4.78. The Bertz CT molecular complexity index is 429. The molecule has 1 rings (SSSR count). The minimum atomic E-state index is -0.364. The van der Waals surface area contributed by atoms with Gasteiger partial charge in [0.2, 0.25) is 0 Å². The normalized spacial score (nSPS) is 10.0. The molecule has 0 aliphatic rings. The molecule has 0 spiro atoms. The number of hydrogen-bond donors (Lipinski definition) is 1. The van der Waals surface area contributed by atoms with Gasteiger partial charge in [-0.15, -0.1) is 0 Å². The number of benzene rings is 1. The molecular weight excluding hydrogens is 288 g/mol. The van der Waals surface area contributed by atoms with Gasteiger partial charge in [-0.25, -0.2) is 0 Å². The quantitative estimate of drug-likeness (QED) is 0.514. The molecule has 0 heterocycles. The van der Waals surface area contributed by atoms with Gasteiger partial charge in [-0.05, 0) is 23.8 Å². The molecule has 5 heteroatoms. The molecule has 1 N–H and O–H groups in total. The van der Waals surface area contributed by atoms with Crippen LogP contribution >= 0.6 is 15.9 Å². The van der Waals surface area contributed by atoms with Crippen LogP contribution < -0.4 is 0 Å². The second-order valence-electron chi connectivity index (χ2n) is 3.49. The molecule has 0 aliphatic heterocycles. The number of esters is 1. The molecule has 0 unspecified atom stereocenters. The molecular formula is C12H13BrO4. The van der Waals surface area contributed by atoms with Crippen LogP contribution in [0, 0.1) is 0 Å². The first-order valence-corrected chi connectivity index (χ1v) is 6.21. The zero-order valence-corrected chi connectivity index (χ0v) is 11.0. The van der Waals surface area contributed by atoms with E-state index >= 15 is 0 Å². The van der Waals surface area contributed by atoms with E-state index in [2.05, 4.69) is 15.9 Å². The molecule has 1 aromatic rings. The Balaban J connectivity index is 2.76. The van der Waals surface area contributed by atoms with Gasteiger partial charge in [-0.1, -0.05) is 15.9 Å². The predicted molar refractivity (Wildman–Crippen MR) is 66.6 cm³/mol. The lowest BCUT2D eigenvalue weighted by Gasteiger charge is -2.07. The van der Waals surface area contributed by atoms with Crippen molar-refractivity contribution < 1.29 is 19.4 Å². The minimum Gasteiger partial charge on any atom is -0.508 e. The average molecular weight is 301 g/mol. The fraction of sp³-hybridized carbons (Fsp3) is 0.333. The summed E-state index contributed by atoms with van der Waals surface area (Å²) in [4.78, 5) is 22.0. The number of ether oxygens (including phenoxy) is 1. The number of hydrogen-bond acceptors (Lipinski definition) is 4. The Labute approximate surface area is 108 Å². The van der Waals surface area contributed by atoms with Crippen LogP contribution in [0.1, 0.15) is 22.8 Å². The molecule has 0 radical (unpaired) electrons. The first-order valence-electron chi connectivity index (χ1n) is 5.09. The number of phenols is 1. The van der Waals surface area contributed by atoms with Gasteiger partial charge in [0.05, 0.1) is 11.9 Å². The summed E-state index contributed by atoms with van der Waals surface area (Å²) in [5.41, 5.74) is 1.12. The summed E-state index contributed by atoms with van der Waals surface area (Å²) in [7, 11) is 0. The summed E-state index contributed by atoms with van der Waals surface area (Å²) in [6, 6.07) is 4.65. The SMILES string of the molecule is CC(=O)OCCc1cc(C(=O)CBr)ccc1O. The second kappa shape index (κ2) is 6.39. The van der Waals surface area contributed by atoms with Gasteiger partial charge in [0.15, 0.2) is 5.78 Å². The lowest BCUT2D eigenvalue weighted by molar-refractivity contribution is -0.140. The van der Waals surface area contributed by atoms with E-state index in [0.717, 1.165) is 0 Å². The van der Waals surface area contributed by atoms with E-state index in [0.29, 0.717) is 17.5 Å². The molecule has 17 heavy (non-hydrogen) atoms. The number of carbonyl (C=O) groups excluding carboxylic acids is 2. The third-order valence-corrected chi connectivity index (χ3v) is 2.71. The van der Waals surface area contributed by atoms with E-state index in [1.165, 1.54) is 13.0 Å². The van der Waals surface area contributed by atoms with Gasteiger partial charge < -0.3 is 9.84 Å². The lowest BCUT2D eigenvalue weighted by Crippen LogP contribution is -2.05. The zero-order chi connectivity index (χ0) is 12.8. The molecule has 0 aliphatic carbocycles. The van der Waals surface area contributed by atoms with Crippen molar-refractivity contribution in [2.24, 2.45) is 0 Å². The highest BCUT2D eigenvalue weighted by molar-refractivity contribution is 9.09. The van der Waals surface area contributed by atoms with E-state index in [1.807, 2.05) is 0 Å². The largest absolute Gasteiger partial charge is 0.508 e. The van der Waals surface area contributed by atoms with Gasteiger partial charge in [0.1, 0.15) is 5.75 Å². The smallest absolute Gasteiger partial charge is 0.302 e. The van der Waals surface area contributed by atoms with Crippen molar-refractivity contribution in [3.8, 4) is 5.75 Å². The van der Waals surface area contributed by atoms with Crippen molar-refractivity contribution in [3.63, 3.8) is 0 Å². The first-order chi connectivity index (χ1) is 8.04. The molecule has 0 saturated heterocycles. The summed E-state index contributed by atoms with van der Waals surface area (Å²) in [5.74, 6) is -0.320. The fourth-order valence-electron chi connectivity index (χ4n) is 1.34. The summed E-state index contributed by atoms with van der Waals surface area (Å²) in [5, 5.41) is 9.83. The van der Waals surface area contributed by atoms with Crippen LogP contribution in [0.2, 0.25) is 0 Å². The van der Waals surface area contributed by atoms with E-state index in [9.17, 15) is 14.7 Å². The summed E-state index contributed by atoms with van der Waals surface area (Å²) in [6.07, 6.45) is 0.384. The third-order valence-electron chi connectivity index (χ3n) is 2.20. The predicted octanol–water partition coefficient (Wildman–Crippen LogP) is 2.08. The molecule has 4 nitrogen and oxygen atoms in total. The Hall–Kier alpha value is -1.36. The monoisotopic (exact) mass is 300 g/mol. The van der Waals surface area contributed by atoms with Gasteiger partial charge in [0, 0.05) is 18.9 Å². The number of halogens is 1. The Morgan fingerprint density at radius 1 is 1.41 bits per heavy atom. The zero-order valence-electron chi connectivity index (χ0n) is 9.40. The van der Waals surface area contributed by atoms with Crippen LogP contribution in [-0.4, -0.2) is 28.8 Å². The Morgan fingerprint density at radius 3 is 2.71 bits per heavy atom. The standard InChI is InChI=1S/C12H13BrO4/c1-8(14)17-5-4-10-6-9(12(16)7-13)2-3-11(10)15/h2-3,6,15H,4-5,7H2,1H3. The second-order valence-corrected chi connectivity index (χ2v) is 4.05. The van der Waals surface area contributed by atoms with Crippen molar-refractivity contribution in [2.75, 3.05) is 11.9 Å². The fourth-order valence-corrected chi connectivity index (χ4v) is 1.66. The molecule has 0 saturated carbocycles. The van der Waals surface area contributed by atoms with Crippen LogP contribution in [0.5, 0.6) is 5.75 Å². The molecule has 0 fully saturated rings. The minimum absolute atomic E-state index is 0.0567. The number of ketones is 1. The number of phenolic OH excluding ortho intramolecular Hbond substituents is 1. The van der Waals surface area contributed by atoms with Gasteiger partial charge in [-0.3, -0.25) is 9.59 Å². The van der Waals surface area contributed by atoms with Crippen molar-refractivity contribution in [3.05, 3.63) is 29.3 Å². The van der Waals surface area contributed by atoms with Crippen molar-refractivity contribution in [2.45, 2.75) is 13.3 Å². The van der Waals surface area contributed by atoms with Crippen LogP contribution in [0.3, 0.4) is 0 Å². The molecule has 0 amide bonds. The number of Topliss-reactive ketones (excluding diaryl/α,β-unsaturated/α-hetero) is 1. The van der Waals surface area contributed by atoms with Crippen molar-refractivity contribution >= 4 is 27.7 Å². The topological polar surface area (TPSA) is 63.6 Å². The van der Waals surface area contributed by atoms with Crippen LogP contribution in [0.4, 0.5) is 0 Å². The van der Waals surface area contributed by atoms with E-state index in [-0.39, 0.29) is 29.4 Å². The van der Waals surface area contributed by atoms with Crippen LogP contribution in [-0.2, 0) is 16.0 Å². The van der Waals surface area contributed by atoms with Gasteiger partial charge >= 0.3 is 5.97 Å². The molecule has 0 bridgehead atoms. The van der Waals surface area contributed by atoms with Crippen molar-refractivity contribution in [1.29, 1.82) is 0 Å². The molecule has 1 aromatic carbocycles. The highest BCUT2D eigenvalue weighted by atomic mass is 79.9. The lowest BCUT2D eigenvalue weighted by atomic mass is 10.1. The third kappa shape index (κ3) is 4.19. The number of rotatable bonds is 5. The number of aromatic hydroxyl groups is 1. The van der Waals surface area contributed by atoms with Gasteiger partial charge in [0.25, 0.3) is 0 Å². The van der Waals surface area contributed by atoms with Crippen LogP contribution in [0.25, 0.3) is 0 Å². The van der Waals surface area contributed by atoms with Gasteiger partial charge in [-0.2, -0.15) is 0 Å². The van der Waals surface area contributed by atoms with E-state index in [1.54, 1.807) is 12.1 Å². The molecule has 0 aromatic heterocycles. The maximum Gasteiger partial charge on any atom is 0.302 e. The average Bonchev–Trinajstić information content (AvgIpc) is 2.30. The summed E-state index contributed by atoms with van der Waals surface area (Å²) >= 11 is 3.08. The Morgan fingerprint density at radius 2 is 2.12 bits per heavy atom. The maximum absolute atomic E-state index is 11.4. The molecule has 92 valence electrons. The Kier molecular flexibility index (Phi) is 5.15. The van der Waals surface area contributed by atoms with Crippen LogP contribution in [0.15, 0.2) is 18.2 Å². The molecule has 0 atom stereocenters. The van der Waals surface area contributed by atoms with E-state index in [4.69, 9.17) is 4.74 Å². The number of carbonyl (C=O) groups is 2. The van der Waals surface area contributed by atoms with Crippen molar-refractivity contribution in [1.82, 2.24) is 0 Å². The highest BCUT2D eigenvalue weighted by Gasteiger charge is 2.08. The van der Waals surface area contributed by atoms with E-state index < -0.39 is 0 Å².